The average Bonchev–Trinajstić information content (AvgIpc) is 2.71. The van der Waals surface area contributed by atoms with E-state index >= 15 is 0 Å². The van der Waals surface area contributed by atoms with Crippen molar-refractivity contribution in [1.82, 2.24) is 4.98 Å². The van der Waals surface area contributed by atoms with E-state index in [4.69, 9.17) is 5.73 Å². The Morgan fingerprint density at radius 1 is 1.35 bits per heavy atom. The van der Waals surface area contributed by atoms with Crippen LogP contribution in [0, 0.1) is 25.5 Å². The normalized spacial score (nSPS) is 14.3. The molecule has 0 saturated heterocycles. The lowest BCUT2D eigenvalue weighted by atomic mass is 9.91. The van der Waals surface area contributed by atoms with Crippen LogP contribution in [0.1, 0.15) is 33.2 Å². The van der Waals surface area contributed by atoms with Gasteiger partial charge in [-0.25, -0.2) is 13.8 Å². The molecule has 0 aliphatic rings. The number of nitrogens with two attached hydrogens (primary N) is 1. The standard InChI is InChI=1S/C14H16F2N2OS/c1-7-14(20-8(2)18-7)13(19)11(6-17)10-4-3-9(15)5-12(10)16/h3-5,11,13,19H,6,17H2,1-2H3. The quantitative estimate of drug-likeness (QED) is 0.912. The summed E-state index contributed by atoms with van der Waals surface area (Å²) in [5.74, 6) is -1.98. The first kappa shape index (κ1) is 15.0. The van der Waals surface area contributed by atoms with Crippen LogP contribution in [0.3, 0.4) is 0 Å². The molecule has 0 saturated carbocycles. The molecule has 2 aromatic rings. The van der Waals surface area contributed by atoms with Crippen molar-refractivity contribution in [3.05, 3.63) is 51.0 Å². The summed E-state index contributed by atoms with van der Waals surface area (Å²) in [4.78, 5) is 4.91. The molecule has 1 heterocycles. The van der Waals surface area contributed by atoms with Gasteiger partial charge in [-0.15, -0.1) is 11.3 Å². The number of benzene rings is 1. The molecule has 1 aromatic carbocycles. The van der Waals surface area contributed by atoms with Crippen LogP contribution in [0.5, 0.6) is 0 Å². The van der Waals surface area contributed by atoms with Gasteiger partial charge in [0, 0.05) is 18.5 Å². The summed E-state index contributed by atoms with van der Waals surface area (Å²) in [6.07, 6.45) is -0.953. The van der Waals surface area contributed by atoms with E-state index in [1.165, 1.54) is 23.5 Å². The summed E-state index contributed by atoms with van der Waals surface area (Å²) in [7, 11) is 0. The van der Waals surface area contributed by atoms with Crippen molar-refractivity contribution in [3.63, 3.8) is 0 Å². The SMILES string of the molecule is Cc1nc(C)c(C(O)C(CN)c2ccc(F)cc2F)s1. The van der Waals surface area contributed by atoms with E-state index in [1.807, 2.05) is 6.92 Å². The Morgan fingerprint density at radius 2 is 2.05 bits per heavy atom. The van der Waals surface area contributed by atoms with Crippen LogP contribution in [-0.4, -0.2) is 16.6 Å². The molecule has 0 radical (unpaired) electrons. The predicted molar refractivity (Wildman–Crippen MR) is 74.7 cm³/mol. The van der Waals surface area contributed by atoms with E-state index < -0.39 is 23.7 Å². The third-order valence-corrected chi connectivity index (χ3v) is 4.35. The molecule has 0 fully saturated rings. The lowest BCUT2D eigenvalue weighted by Crippen LogP contribution is -2.21. The molecular formula is C14H16F2N2OS. The molecule has 2 rings (SSSR count). The number of aliphatic hydroxyl groups excluding tert-OH is 1. The Balaban J connectivity index is 2.39. The van der Waals surface area contributed by atoms with Crippen LogP contribution < -0.4 is 5.73 Å². The van der Waals surface area contributed by atoms with Gasteiger partial charge in [-0.05, 0) is 25.5 Å². The molecule has 2 unspecified atom stereocenters. The number of aromatic nitrogens is 1. The number of halogens is 2. The minimum Gasteiger partial charge on any atom is -0.387 e. The first-order valence-electron chi connectivity index (χ1n) is 6.21. The summed E-state index contributed by atoms with van der Waals surface area (Å²) < 4.78 is 26.8. The molecular weight excluding hydrogens is 282 g/mol. The minimum absolute atomic E-state index is 0.0557. The molecule has 2 atom stereocenters. The van der Waals surface area contributed by atoms with Gasteiger partial charge >= 0.3 is 0 Å². The predicted octanol–water partition coefficient (Wildman–Crippen LogP) is 2.81. The zero-order valence-corrected chi connectivity index (χ0v) is 12.0. The first-order chi connectivity index (χ1) is 9.43. The fourth-order valence-electron chi connectivity index (χ4n) is 2.23. The van der Waals surface area contributed by atoms with Gasteiger partial charge in [-0.2, -0.15) is 0 Å². The summed E-state index contributed by atoms with van der Waals surface area (Å²) >= 11 is 1.36. The van der Waals surface area contributed by atoms with Crippen molar-refractivity contribution < 1.29 is 13.9 Å². The molecule has 6 heteroatoms. The Hall–Kier alpha value is -1.37. The lowest BCUT2D eigenvalue weighted by molar-refractivity contribution is 0.148. The molecule has 1 aromatic heterocycles. The highest BCUT2D eigenvalue weighted by Crippen LogP contribution is 2.36. The Bertz CT molecular complexity index is 615. The topological polar surface area (TPSA) is 59.1 Å². The fraction of sp³-hybridized carbons (Fsp3) is 0.357. The molecule has 20 heavy (non-hydrogen) atoms. The molecule has 108 valence electrons. The Kier molecular flexibility index (Phi) is 4.47. The van der Waals surface area contributed by atoms with Gasteiger partial charge in [0.1, 0.15) is 11.6 Å². The second kappa shape index (κ2) is 5.95. The second-order valence-electron chi connectivity index (χ2n) is 4.64. The van der Waals surface area contributed by atoms with Crippen molar-refractivity contribution in [3.8, 4) is 0 Å². The fourth-order valence-corrected chi connectivity index (χ4v) is 3.21. The highest BCUT2D eigenvalue weighted by molar-refractivity contribution is 7.11. The van der Waals surface area contributed by atoms with E-state index in [0.717, 1.165) is 11.1 Å². The molecule has 3 N–H and O–H groups in total. The van der Waals surface area contributed by atoms with Crippen LogP contribution >= 0.6 is 11.3 Å². The number of nitrogens with zero attached hydrogens (tertiary/aromatic N) is 1. The third-order valence-electron chi connectivity index (χ3n) is 3.21. The average molecular weight is 298 g/mol. The molecule has 0 aliphatic heterocycles. The van der Waals surface area contributed by atoms with Gasteiger partial charge in [0.15, 0.2) is 0 Å². The van der Waals surface area contributed by atoms with Gasteiger partial charge in [-0.1, -0.05) is 6.07 Å². The van der Waals surface area contributed by atoms with E-state index in [0.29, 0.717) is 10.6 Å². The number of aliphatic hydroxyl groups is 1. The van der Waals surface area contributed by atoms with Crippen molar-refractivity contribution in [2.45, 2.75) is 25.9 Å². The van der Waals surface area contributed by atoms with Gasteiger partial charge in [0.25, 0.3) is 0 Å². The Labute approximate surface area is 120 Å². The second-order valence-corrected chi connectivity index (χ2v) is 5.87. The van der Waals surface area contributed by atoms with Crippen LogP contribution in [0.4, 0.5) is 8.78 Å². The number of aryl methyl sites for hydroxylation is 2. The number of thiazole rings is 1. The van der Waals surface area contributed by atoms with Gasteiger partial charge in [0.05, 0.1) is 21.7 Å². The lowest BCUT2D eigenvalue weighted by Gasteiger charge is -2.22. The van der Waals surface area contributed by atoms with Crippen molar-refractivity contribution >= 4 is 11.3 Å². The van der Waals surface area contributed by atoms with Gasteiger partial charge in [0.2, 0.25) is 0 Å². The van der Waals surface area contributed by atoms with E-state index in [1.54, 1.807) is 6.92 Å². The zero-order valence-electron chi connectivity index (χ0n) is 11.2. The summed E-state index contributed by atoms with van der Waals surface area (Å²) in [5, 5.41) is 11.3. The van der Waals surface area contributed by atoms with Crippen LogP contribution in [0.2, 0.25) is 0 Å². The molecule has 0 amide bonds. The van der Waals surface area contributed by atoms with Gasteiger partial charge in [-0.3, -0.25) is 0 Å². The smallest absolute Gasteiger partial charge is 0.129 e. The molecule has 0 spiro atoms. The van der Waals surface area contributed by atoms with E-state index in [9.17, 15) is 13.9 Å². The monoisotopic (exact) mass is 298 g/mol. The highest BCUT2D eigenvalue weighted by Gasteiger charge is 2.27. The first-order valence-corrected chi connectivity index (χ1v) is 7.02. The Morgan fingerprint density at radius 3 is 2.55 bits per heavy atom. The van der Waals surface area contributed by atoms with Crippen LogP contribution in [0.15, 0.2) is 18.2 Å². The van der Waals surface area contributed by atoms with Crippen molar-refractivity contribution in [2.75, 3.05) is 6.54 Å². The maximum Gasteiger partial charge on any atom is 0.129 e. The van der Waals surface area contributed by atoms with Crippen molar-refractivity contribution in [2.24, 2.45) is 5.73 Å². The zero-order chi connectivity index (χ0) is 14.9. The number of rotatable bonds is 4. The minimum atomic E-state index is -0.953. The molecule has 0 aliphatic carbocycles. The van der Waals surface area contributed by atoms with Crippen LogP contribution in [-0.2, 0) is 0 Å². The highest BCUT2D eigenvalue weighted by atomic mass is 32.1. The molecule has 3 nitrogen and oxygen atoms in total. The summed E-state index contributed by atoms with van der Waals surface area (Å²) in [6.45, 7) is 3.68. The number of hydrogen-bond donors (Lipinski definition) is 2. The van der Waals surface area contributed by atoms with Crippen molar-refractivity contribution in [1.29, 1.82) is 0 Å². The van der Waals surface area contributed by atoms with Gasteiger partial charge < -0.3 is 10.8 Å². The maximum atomic E-state index is 13.9. The molecule has 0 bridgehead atoms. The third kappa shape index (κ3) is 2.87. The summed E-state index contributed by atoms with van der Waals surface area (Å²) in [6, 6.07) is 3.29. The summed E-state index contributed by atoms with van der Waals surface area (Å²) in [5.41, 5.74) is 6.59. The van der Waals surface area contributed by atoms with E-state index in [-0.39, 0.29) is 12.1 Å². The largest absolute Gasteiger partial charge is 0.387 e. The number of hydrogen-bond acceptors (Lipinski definition) is 4. The maximum absolute atomic E-state index is 13.9. The van der Waals surface area contributed by atoms with E-state index in [2.05, 4.69) is 4.98 Å². The van der Waals surface area contributed by atoms with Crippen LogP contribution in [0.25, 0.3) is 0 Å².